The zero-order chi connectivity index (χ0) is 20.4. The minimum absolute atomic E-state index is 0.0721. The zero-order valence-electron chi connectivity index (χ0n) is 14.0. The van der Waals surface area contributed by atoms with Gasteiger partial charge in [-0.15, -0.1) is 4.52 Å². The lowest BCUT2D eigenvalue weighted by molar-refractivity contribution is -0.383. The maximum atomic E-state index is 14.0. The first-order chi connectivity index (χ1) is 12.6. The second kappa shape index (κ2) is 7.98. The average molecular weight is 406 g/mol. The number of nitrogens with zero attached hydrogens (tertiary/aromatic N) is 1. The Labute approximate surface area is 151 Å². The van der Waals surface area contributed by atoms with Gasteiger partial charge in [0.2, 0.25) is 0 Å². The molecule has 0 heterocycles. The van der Waals surface area contributed by atoms with Gasteiger partial charge in [0, 0.05) is 17.7 Å². The fourth-order valence-electron chi connectivity index (χ4n) is 2.24. The molecule has 0 aliphatic rings. The lowest BCUT2D eigenvalue weighted by Gasteiger charge is -2.12. The van der Waals surface area contributed by atoms with E-state index >= 15 is 0 Å². The Balaban J connectivity index is 2.52. The third-order valence-corrected chi connectivity index (χ3v) is 4.66. The molecule has 0 fully saturated rings. The lowest BCUT2D eigenvalue weighted by Crippen LogP contribution is -2.09. The van der Waals surface area contributed by atoms with Crippen LogP contribution in [-0.4, -0.2) is 12.0 Å². The van der Waals surface area contributed by atoms with Crippen LogP contribution in [0.5, 0.6) is 11.5 Å². The standard InChI is InChI=1S/C16H13F4NO5P/c1-3-9-6-12(21(22)23)15(27(24)25-2)8-14(9)26-13-5-4-10(7-11(13)17)16(18,19)20/h4-8H,3H2,1-2H3/q+1. The van der Waals surface area contributed by atoms with E-state index in [1.807, 2.05) is 0 Å². The quantitative estimate of drug-likeness (QED) is 0.288. The molecular weight excluding hydrogens is 393 g/mol. The first-order valence-electron chi connectivity index (χ1n) is 7.45. The van der Waals surface area contributed by atoms with Crippen molar-refractivity contribution in [3.05, 3.63) is 57.4 Å². The van der Waals surface area contributed by atoms with Crippen molar-refractivity contribution in [2.45, 2.75) is 19.5 Å². The molecule has 0 N–H and O–H groups in total. The Kier molecular flexibility index (Phi) is 6.12. The molecule has 144 valence electrons. The van der Waals surface area contributed by atoms with Gasteiger partial charge in [0.15, 0.2) is 11.6 Å². The SMILES string of the molecule is CCc1cc([N+](=O)[O-])c([P+](=O)OC)cc1Oc1ccc(C(F)(F)F)cc1F. The molecule has 0 radical (unpaired) electrons. The minimum atomic E-state index is -4.72. The molecule has 0 spiro atoms. The maximum absolute atomic E-state index is 14.0. The predicted octanol–water partition coefficient (Wildman–Crippen LogP) is 5.12. The van der Waals surface area contributed by atoms with Gasteiger partial charge >= 0.3 is 25.2 Å². The largest absolute Gasteiger partial charge is 0.556 e. The highest BCUT2D eigenvalue weighted by Gasteiger charge is 2.35. The maximum Gasteiger partial charge on any atom is 0.556 e. The molecule has 0 saturated heterocycles. The topological polar surface area (TPSA) is 78.7 Å². The summed E-state index contributed by atoms with van der Waals surface area (Å²) in [5.74, 6) is -1.84. The zero-order valence-corrected chi connectivity index (χ0v) is 14.9. The van der Waals surface area contributed by atoms with Crippen LogP contribution < -0.4 is 10.0 Å². The van der Waals surface area contributed by atoms with E-state index in [2.05, 4.69) is 4.52 Å². The van der Waals surface area contributed by atoms with Crippen molar-refractivity contribution in [3.63, 3.8) is 0 Å². The number of benzene rings is 2. The van der Waals surface area contributed by atoms with Gasteiger partial charge in [0.1, 0.15) is 5.75 Å². The predicted molar refractivity (Wildman–Crippen MR) is 88.2 cm³/mol. The summed E-state index contributed by atoms with van der Waals surface area (Å²) in [5, 5.41) is 10.9. The molecule has 0 aromatic heterocycles. The summed E-state index contributed by atoms with van der Waals surface area (Å²) in [6.07, 6.45) is -4.48. The van der Waals surface area contributed by atoms with Crippen LogP contribution in [0.4, 0.5) is 23.2 Å². The number of ether oxygens (including phenoxy) is 1. The van der Waals surface area contributed by atoms with Crippen molar-refractivity contribution in [1.82, 2.24) is 0 Å². The van der Waals surface area contributed by atoms with E-state index in [0.717, 1.165) is 25.3 Å². The van der Waals surface area contributed by atoms with Crippen molar-refractivity contribution >= 4 is 19.0 Å². The molecule has 0 aliphatic carbocycles. The van der Waals surface area contributed by atoms with Crippen LogP contribution in [0.1, 0.15) is 18.1 Å². The van der Waals surface area contributed by atoms with Crippen LogP contribution in [0.2, 0.25) is 0 Å². The number of hydrogen-bond acceptors (Lipinski definition) is 5. The van der Waals surface area contributed by atoms with Gasteiger partial charge in [-0.3, -0.25) is 10.1 Å². The molecule has 0 saturated carbocycles. The Morgan fingerprint density at radius 3 is 2.33 bits per heavy atom. The Morgan fingerprint density at radius 1 is 1.19 bits per heavy atom. The minimum Gasteiger partial charge on any atom is -0.454 e. The average Bonchev–Trinajstić information content (AvgIpc) is 2.61. The summed E-state index contributed by atoms with van der Waals surface area (Å²) in [4.78, 5) is 10.4. The third-order valence-electron chi connectivity index (χ3n) is 3.58. The van der Waals surface area contributed by atoms with Crippen molar-refractivity contribution in [1.29, 1.82) is 0 Å². The molecule has 6 nitrogen and oxygen atoms in total. The summed E-state index contributed by atoms with van der Waals surface area (Å²) < 4.78 is 73.8. The fraction of sp³-hybridized carbons (Fsp3) is 0.250. The monoisotopic (exact) mass is 406 g/mol. The number of nitro benzene ring substituents is 1. The molecule has 2 rings (SSSR count). The third kappa shape index (κ3) is 4.58. The van der Waals surface area contributed by atoms with Gasteiger partial charge in [0.05, 0.1) is 17.6 Å². The highest BCUT2D eigenvalue weighted by atomic mass is 31.1. The lowest BCUT2D eigenvalue weighted by atomic mass is 10.1. The molecule has 0 aliphatic heterocycles. The van der Waals surface area contributed by atoms with E-state index in [4.69, 9.17) is 4.74 Å². The number of rotatable bonds is 6. The molecule has 0 amide bonds. The summed E-state index contributed by atoms with van der Waals surface area (Å²) in [7, 11) is -1.49. The number of alkyl halides is 3. The van der Waals surface area contributed by atoms with Crippen LogP contribution in [-0.2, 0) is 21.7 Å². The molecule has 0 bridgehead atoms. The summed E-state index contributed by atoms with van der Waals surface area (Å²) >= 11 is 0. The van der Waals surface area contributed by atoms with Gasteiger partial charge in [-0.05, 0) is 29.2 Å². The van der Waals surface area contributed by atoms with Crippen LogP contribution in [0.3, 0.4) is 0 Å². The Bertz CT molecular complexity index is 901. The number of nitro groups is 1. The molecule has 11 heteroatoms. The molecular formula is C16H13F4NO5P+. The van der Waals surface area contributed by atoms with Crippen LogP contribution in [0.25, 0.3) is 0 Å². The van der Waals surface area contributed by atoms with Gasteiger partial charge in [-0.1, -0.05) is 6.92 Å². The van der Waals surface area contributed by atoms with Crippen molar-refractivity contribution in [2.75, 3.05) is 7.11 Å². The number of halogens is 4. The molecule has 27 heavy (non-hydrogen) atoms. The van der Waals surface area contributed by atoms with E-state index < -0.39 is 41.9 Å². The van der Waals surface area contributed by atoms with Crippen molar-refractivity contribution in [3.8, 4) is 11.5 Å². The van der Waals surface area contributed by atoms with Crippen molar-refractivity contribution < 1.29 is 36.3 Å². The summed E-state index contributed by atoms with van der Waals surface area (Å²) in [5.41, 5.74) is -1.37. The number of hydrogen-bond donors (Lipinski definition) is 0. The first-order valence-corrected chi connectivity index (χ1v) is 8.63. The summed E-state index contributed by atoms with van der Waals surface area (Å²) in [6.45, 7) is 1.64. The Hall–Kier alpha value is -2.58. The smallest absolute Gasteiger partial charge is 0.454 e. The molecule has 1 unspecified atom stereocenters. The molecule has 2 aromatic carbocycles. The highest BCUT2D eigenvalue weighted by Crippen LogP contribution is 2.36. The van der Waals surface area contributed by atoms with Gasteiger partial charge in [0.25, 0.3) is 0 Å². The number of aryl methyl sites for hydroxylation is 1. The van der Waals surface area contributed by atoms with Crippen LogP contribution in [0.15, 0.2) is 30.3 Å². The van der Waals surface area contributed by atoms with Gasteiger partial charge < -0.3 is 4.74 Å². The second-order valence-corrected chi connectivity index (χ2v) is 6.61. The summed E-state index contributed by atoms with van der Waals surface area (Å²) in [6, 6.07) is 3.90. The van der Waals surface area contributed by atoms with Gasteiger partial charge in [-0.25, -0.2) is 4.39 Å². The molecule has 1 atom stereocenters. The van der Waals surface area contributed by atoms with E-state index in [-0.39, 0.29) is 29.1 Å². The van der Waals surface area contributed by atoms with Gasteiger partial charge in [-0.2, -0.15) is 13.2 Å². The normalized spacial score (nSPS) is 12.0. The second-order valence-electron chi connectivity index (χ2n) is 5.24. The van der Waals surface area contributed by atoms with Crippen LogP contribution in [0, 0.1) is 15.9 Å². The van der Waals surface area contributed by atoms with E-state index in [0.29, 0.717) is 6.07 Å². The van der Waals surface area contributed by atoms with Crippen molar-refractivity contribution in [2.24, 2.45) is 0 Å². The first kappa shape index (κ1) is 20.7. The Morgan fingerprint density at radius 2 is 1.85 bits per heavy atom. The highest BCUT2D eigenvalue weighted by molar-refractivity contribution is 7.48. The van der Waals surface area contributed by atoms with E-state index in [9.17, 15) is 32.2 Å². The fourth-order valence-corrected chi connectivity index (χ4v) is 2.99. The van der Waals surface area contributed by atoms with Crippen LogP contribution >= 0.6 is 8.03 Å². The molecule has 2 aromatic rings. The van der Waals surface area contributed by atoms with E-state index in [1.54, 1.807) is 6.92 Å². The van der Waals surface area contributed by atoms with E-state index in [1.165, 1.54) is 0 Å².